The molecule has 1 aromatic heterocycles. The Labute approximate surface area is 344 Å². The van der Waals surface area contributed by atoms with Gasteiger partial charge >= 0.3 is 6.03 Å². The maximum Gasteiger partial charge on any atom is 0.315 e. The van der Waals surface area contributed by atoms with Gasteiger partial charge in [-0.25, -0.2) is 18.2 Å². The number of amides is 5. The highest BCUT2D eigenvalue weighted by atomic mass is 32.2. The average molecular weight is 834 g/mol. The molecule has 1 unspecified atom stereocenters. The number of aromatic nitrogens is 1. The SMILES string of the molecule is C=CCNC(=O)C(=O)C(CCCC)NC(=O)[C@@H]1[C@@H](C(C)C)CCN1C(=O)[C@@H](NC(=O)N[C@H](CN(C)S(=O)(=O)c1sc(C)nc1C)C1CCCCC1)C1CCCCC1. The highest BCUT2D eigenvalue weighted by Gasteiger charge is 2.47. The van der Waals surface area contributed by atoms with Crippen LogP contribution in [-0.4, -0.2) is 103 Å². The summed E-state index contributed by atoms with van der Waals surface area (Å²) in [5.74, 6) is -2.63. The number of carbonyl (C=O) groups excluding carboxylic acids is 5. The molecule has 4 rings (SSSR count). The first-order chi connectivity index (χ1) is 27.1. The molecular weight excluding hydrogens is 767 g/mol. The van der Waals surface area contributed by atoms with Crippen molar-refractivity contribution in [3.8, 4) is 0 Å². The summed E-state index contributed by atoms with van der Waals surface area (Å²) in [7, 11) is -2.33. The molecule has 1 aliphatic heterocycles. The summed E-state index contributed by atoms with van der Waals surface area (Å²) >= 11 is 1.13. The third-order valence-electron chi connectivity index (χ3n) is 12.1. The van der Waals surface area contributed by atoms with Crippen molar-refractivity contribution < 1.29 is 32.4 Å². The lowest BCUT2D eigenvalue weighted by Gasteiger charge is -2.37. The van der Waals surface area contributed by atoms with Gasteiger partial charge in [0.25, 0.3) is 15.9 Å². The number of hydrogen-bond acceptors (Lipinski definition) is 9. The predicted molar refractivity (Wildman–Crippen MR) is 222 cm³/mol. The van der Waals surface area contributed by atoms with Gasteiger partial charge in [0.15, 0.2) is 4.21 Å². The first kappa shape index (κ1) is 46.3. The van der Waals surface area contributed by atoms with E-state index in [4.69, 9.17) is 0 Å². The lowest BCUT2D eigenvalue weighted by atomic mass is 9.82. The molecule has 5 atom stereocenters. The van der Waals surface area contributed by atoms with E-state index in [1.165, 1.54) is 17.4 Å². The highest BCUT2D eigenvalue weighted by Crippen LogP contribution is 2.35. The Balaban J connectivity index is 1.58. The van der Waals surface area contributed by atoms with Crippen molar-refractivity contribution in [3.05, 3.63) is 23.4 Å². The number of Topliss-reactive ketones (excluding diaryl/α,β-unsaturated/α-hetero) is 1. The van der Waals surface area contributed by atoms with Gasteiger partial charge in [-0.3, -0.25) is 19.2 Å². The second-order valence-corrected chi connectivity index (χ2v) is 20.1. The number of likely N-dealkylation sites (N-methyl/N-ethyl adjacent to an activating group) is 1. The number of unbranched alkanes of at least 4 members (excludes halogenated alkanes) is 1. The monoisotopic (exact) mass is 833 g/mol. The van der Waals surface area contributed by atoms with Crippen molar-refractivity contribution in [3.63, 3.8) is 0 Å². The third-order valence-corrected chi connectivity index (χ3v) is 15.6. The van der Waals surface area contributed by atoms with E-state index >= 15 is 0 Å². The quantitative estimate of drug-likeness (QED) is 0.111. The Morgan fingerprint density at radius 1 is 0.947 bits per heavy atom. The molecule has 4 N–H and O–H groups in total. The van der Waals surface area contributed by atoms with Gasteiger partial charge in [0, 0.05) is 32.7 Å². The van der Waals surface area contributed by atoms with Crippen LogP contribution >= 0.6 is 11.3 Å². The Morgan fingerprint density at radius 2 is 1.58 bits per heavy atom. The van der Waals surface area contributed by atoms with Crippen LogP contribution in [0.15, 0.2) is 16.9 Å². The minimum Gasteiger partial charge on any atom is -0.346 e. The van der Waals surface area contributed by atoms with Gasteiger partial charge in [0.2, 0.25) is 17.6 Å². The Kier molecular flexibility index (Phi) is 17.5. The number of sulfonamides is 1. The molecule has 1 aromatic rings. The zero-order valence-electron chi connectivity index (χ0n) is 34.9. The van der Waals surface area contributed by atoms with Crippen LogP contribution in [0.2, 0.25) is 0 Å². The molecule has 5 amide bonds. The zero-order valence-corrected chi connectivity index (χ0v) is 36.6. The first-order valence-electron chi connectivity index (χ1n) is 21.1. The van der Waals surface area contributed by atoms with Crippen molar-refractivity contribution in [2.24, 2.45) is 23.7 Å². The molecule has 2 heterocycles. The molecule has 3 aliphatic rings. The Hall–Kier alpha value is -3.37. The van der Waals surface area contributed by atoms with E-state index in [1.54, 1.807) is 18.7 Å². The van der Waals surface area contributed by atoms with Crippen molar-refractivity contribution >= 4 is 50.9 Å². The molecule has 320 valence electrons. The van der Waals surface area contributed by atoms with Gasteiger partial charge in [-0.05, 0) is 76.0 Å². The molecule has 3 fully saturated rings. The summed E-state index contributed by atoms with van der Waals surface area (Å²) in [5, 5.41) is 12.2. The number of nitrogens with one attached hydrogen (secondary N) is 4. The summed E-state index contributed by atoms with van der Waals surface area (Å²) in [6.07, 6.45) is 12.8. The molecule has 2 saturated carbocycles. The minimum absolute atomic E-state index is 0.0332. The molecule has 57 heavy (non-hydrogen) atoms. The number of nitrogens with zero attached hydrogens (tertiary/aromatic N) is 3. The normalized spacial score (nSPS) is 21.2. The van der Waals surface area contributed by atoms with Gasteiger partial charge in [-0.15, -0.1) is 17.9 Å². The van der Waals surface area contributed by atoms with Crippen LogP contribution in [0.3, 0.4) is 0 Å². The number of urea groups is 1. The van der Waals surface area contributed by atoms with Crippen LogP contribution in [0.4, 0.5) is 4.79 Å². The molecule has 2 aliphatic carbocycles. The van der Waals surface area contributed by atoms with Gasteiger partial charge in [0.05, 0.1) is 16.7 Å². The molecule has 0 aromatic carbocycles. The molecule has 0 spiro atoms. The van der Waals surface area contributed by atoms with Gasteiger partial charge in [0.1, 0.15) is 12.1 Å². The van der Waals surface area contributed by atoms with E-state index in [1.807, 2.05) is 20.8 Å². The summed E-state index contributed by atoms with van der Waals surface area (Å²) in [6.45, 7) is 13.5. The van der Waals surface area contributed by atoms with Crippen molar-refractivity contribution in [1.82, 2.24) is 35.5 Å². The summed E-state index contributed by atoms with van der Waals surface area (Å²) in [4.78, 5) is 75.1. The van der Waals surface area contributed by atoms with E-state index in [-0.39, 0.29) is 53.3 Å². The van der Waals surface area contributed by atoms with Crippen LogP contribution in [-0.2, 0) is 29.2 Å². The second-order valence-electron chi connectivity index (χ2n) is 16.6. The summed E-state index contributed by atoms with van der Waals surface area (Å²) in [5.41, 5.74) is 0.448. The van der Waals surface area contributed by atoms with E-state index in [2.05, 4.69) is 32.8 Å². The summed E-state index contributed by atoms with van der Waals surface area (Å²) < 4.78 is 28.9. The van der Waals surface area contributed by atoms with E-state index < -0.39 is 57.8 Å². The predicted octanol–water partition coefficient (Wildman–Crippen LogP) is 5.00. The standard InChI is InChI=1S/C41H67N7O7S2/c1-8-10-21-32(36(49)38(51)42-23-9-2)44-37(50)35-31(26(3)4)22-24-48(35)39(52)34(30-19-15-12-16-20-30)46-41(53)45-33(29-17-13-11-14-18-29)25-47(7)57(54,55)40-27(5)43-28(6)56-40/h9,26,29-35H,2,8,10-25H2,1,3-7H3,(H,42,51)(H,44,50)(H2,45,46,53)/t31-,32?,33-,34+,35+/m1/s1. The molecular formula is C41H67N7O7S2. The van der Waals surface area contributed by atoms with Gasteiger partial charge in [-0.1, -0.05) is 78.2 Å². The fourth-order valence-corrected chi connectivity index (χ4v) is 11.8. The Bertz CT molecular complexity index is 1670. The molecule has 14 nitrogen and oxygen atoms in total. The molecule has 0 bridgehead atoms. The van der Waals surface area contributed by atoms with Crippen LogP contribution in [0.5, 0.6) is 0 Å². The first-order valence-corrected chi connectivity index (χ1v) is 23.4. The molecule has 16 heteroatoms. The number of thiazole rings is 1. The minimum atomic E-state index is -3.87. The van der Waals surface area contributed by atoms with Crippen LogP contribution in [0, 0.1) is 37.5 Å². The second kappa shape index (κ2) is 21.6. The summed E-state index contributed by atoms with van der Waals surface area (Å²) in [6, 6.07) is -3.90. The largest absolute Gasteiger partial charge is 0.346 e. The molecule has 1 saturated heterocycles. The maximum atomic E-state index is 14.8. The zero-order chi connectivity index (χ0) is 41.9. The average Bonchev–Trinajstić information content (AvgIpc) is 3.80. The van der Waals surface area contributed by atoms with E-state index in [0.717, 1.165) is 82.0 Å². The molecule has 0 radical (unpaired) electrons. The van der Waals surface area contributed by atoms with Gasteiger partial charge < -0.3 is 26.2 Å². The number of aryl methyl sites for hydroxylation is 2. The fraction of sp³-hybridized carbons (Fsp3) is 0.756. The smallest absolute Gasteiger partial charge is 0.315 e. The number of ketones is 1. The van der Waals surface area contributed by atoms with Crippen LogP contribution in [0.25, 0.3) is 0 Å². The maximum absolute atomic E-state index is 14.8. The lowest BCUT2D eigenvalue weighted by molar-refractivity contribution is -0.144. The van der Waals surface area contributed by atoms with Crippen LogP contribution < -0.4 is 21.3 Å². The van der Waals surface area contributed by atoms with E-state index in [0.29, 0.717) is 30.1 Å². The van der Waals surface area contributed by atoms with Crippen molar-refractivity contribution in [2.75, 3.05) is 26.7 Å². The lowest BCUT2D eigenvalue weighted by Crippen LogP contribution is -2.61. The van der Waals surface area contributed by atoms with Crippen molar-refractivity contribution in [1.29, 1.82) is 0 Å². The van der Waals surface area contributed by atoms with Crippen LogP contribution in [0.1, 0.15) is 121 Å². The van der Waals surface area contributed by atoms with Gasteiger partial charge in [-0.2, -0.15) is 4.31 Å². The number of carbonyl (C=O) groups is 5. The number of likely N-dealkylation sites (tertiary alicyclic amines) is 1. The number of rotatable bonds is 19. The highest BCUT2D eigenvalue weighted by molar-refractivity contribution is 7.91. The number of hydrogen-bond donors (Lipinski definition) is 4. The fourth-order valence-electron chi connectivity index (χ4n) is 8.94. The Morgan fingerprint density at radius 3 is 2.14 bits per heavy atom. The topological polar surface area (TPSA) is 187 Å². The third kappa shape index (κ3) is 12.1. The van der Waals surface area contributed by atoms with Crippen molar-refractivity contribution in [2.45, 2.75) is 153 Å². The van der Waals surface area contributed by atoms with E-state index in [9.17, 15) is 32.4 Å².